The quantitative estimate of drug-likeness (QED) is 0.484. The Bertz CT molecular complexity index is 1150. The molecule has 0 atom stereocenters. The highest BCUT2D eigenvalue weighted by Gasteiger charge is 2.17. The number of anilines is 1. The van der Waals surface area contributed by atoms with Crippen LogP contribution in [0, 0.1) is 20.8 Å². The Morgan fingerprint density at radius 3 is 2.38 bits per heavy atom. The average molecular weight is 464 g/mol. The van der Waals surface area contributed by atoms with Gasteiger partial charge in [0, 0.05) is 24.7 Å². The van der Waals surface area contributed by atoms with Crippen LogP contribution >= 0.6 is 0 Å². The van der Waals surface area contributed by atoms with E-state index in [1.807, 2.05) is 63.2 Å². The Hall–Kier alpha value is -3.94. The number of rotatable bonds is 9. The summed E-state index contributed by atoms with van der Waals surface area (Å²) in [5.74, 6) is -0.300. The summed E-state index contributed by atoms with van der Waals surface area (Å²) in [6, 6.07) is 13.6. The van der Waals surface area contributed by atoms with Crippen molar-refractivity contribution in [2.45, 2.75) is 33.6 Å². The molecule has 1 N–H and O–H groups in total. The van der Waals surface area contributed by atoms with Crippen molar-refractivity contribution in [2.75, 3.05) is 25.5 Å². The van der Waals surface area contributed by atoms with Crippen LogP contribution in [-0.2, 0) is 25.5 Å². The fourth-order valence-corrected chi connectivity index (χ4v) is 3.30. The molecule has 34 heavy (non-hydrogen) atoms. The summed E-state index contributed by atoms with van der Waals surface area (Å²) >= 11 is 0. The standard InChI is InChI=1S/C26H29N3O5/c1-17-8-10-20(11-9-17)21-14-27-23(34-21)12-13-25(32)33-16-24(31)29(4)15-22(30)28-26-18(2)6-5-7-19(26)3/h5-11,14H,12-13,15-16H2,1-4H3,(H,28,30). The fourth-order valence-electron chi connectivity index (χ4n) is 3.30. The highest BCUT2D eigenvalue weighted by atomic mass is 16.5. The Labute approximate surface area is 198 Å². The van der Waals surface area contributed by atoms with Gasteiger partial charge in [0.15, 0.2) is 18.3 Å². The molecule has 0 radical (unpaired) electrons. The number of amides is 2. The van der Waals surface area contributed by atoms with Crippen molar-refractivity contribution in [1.29, 1.82) is 0 Å². The van der Waals surface area contributed by atoms with Crippen molar-refractivity contribution in [3.05, 3.63) is 71.2 Å². The molecular weight excluding hydrogens is 434 g/mol. The summed E-state index contributed by atoms with van der Waals surface area (Å²) in [5.41, 5.74) is 4.66. The van der Waals surface area contributed by atoms with Gasteiger partial charge in [0.05, 0.1) is 19.2 Å². The molecule has 2 amide bonds. The molecule has 0 aliphatic carbocycles. The predicted octanol–water partition coefficient (Wildman–Crippen LogP) is 3.84. The van der Waals surface area contributed by atoms with Crippen LogP contribution in [0.15, 0.2) is 53.1 Å². The van der Waals surface area contributed by atoms with E-state index in [1.54, 1.807) is 6.20 Å². The zero-order valence-corrected chi connectivity index (χ0v) is 19.9. The van der Waals surface area contributed by atoms with Crippen LogP contribution in [0.5, 0.6) is 0 Å². The molecule has 1 aromatic heterocycles. The van der Waals surface area contributed by atoms with Crippen molar-refractivity contribution in [3.8, 4) is 11.3 Å². The fraction of sp³-hybridized carbons (Fsp3) is 0.308. The molecule has 0 saturated heterocycles. The van der Waals surface area contributed by atoms with Crippen molar-refractivity contribution >= 4 is 23.5 Å². The third kappa shape index (κ3) is 6.78. The number of nitrogens with one attached hydrogen (secondary N) is 1. The number of nitrogens with zero attached hydrogens (tertiary/aromatic N) is 2. The van der Waals surface area contributed by atoms with Crippen LogP contribution in [0.4, 0.5) is 5.69 Å². The van der Waals surface area contributed by atoms with E-state index >= 15 is 0 Å². The largest absolute Gasteiger partial charge is 0.456 e. The summed E-state index contributed by atoms with van der Waals surface area (Å²) < 4.78 is 10.8. The summed E-state index contributed by atoms with van der Waals surface area (Å²) in [4.78, 5) is 42.1. The van der Waals surface area contributed by atoms with E-state index in [9.17, 15) is 14.4 Å². The molecule has 178 valence electrons. The van der Waals surface area contributed by atoms with Gasteiger partial charge in [-0.05, 0) is 31.9 Å². The first-order valence-corrected chi connectivity index (χ1v) is 11.0. The molecule has 1 heterocycles. The first-order chi connectivity index (χ1) is 16.2. The number of aromatic nitrogens is 1. The van der Waals surface area contributed by atoms with Crippen LogP contribution in [-0.4, -0.2) is 47.9 Å². The topological polar surface area (TPSA) is 102 Å². The van der Waals surface area contributed by atoms with E-state index in [1.165, 1.54) is 11.9 Å². The molecule has 0 fully saturated rings. The maximum absolute atomic E-state index is 12.3. The highest BCUT2D eigenvalue weighted by molar-refractivity contribution is 5.96. The van der Waals surface area contributed by atoms with Gasteiger partial charge in [0.2, 0.25) is 5.91 Å². The van der Waals surface area contributed by atoms with E-state index in [2.05, 4.69) is 10.3 Å². The second-order valence-corrected chi connectivity index (χ2v) is 8.21. The molecule has 0 unspecified atom stereocenters. The van der Waals surface area contributed by atoms with Gasteiger partial charge >= 0.3 is 5.97 Å². The monoisotopic (exact) mass is 463 g/mol. The van der Waals surface area contributed by atoms with E-state index in [4.69, 9.17) is 9.15 Å². The Morgan fingerprint density at radius 2 is 1.71 bits per heavy atom. The first kappa shape index (κ1) is 24.7. The number of ether oxygens (including phenoxy) is 1. The van der Waals surface area contributed by atoms with Crippen molar-refractivity contribution in [1.82, 2.24) is 9.88 Å². The number of hydrogen-bond acceptors (Lipinski definition) is 6. The van der Waals surface area contributed by atoms with Crippen LogP contribution in [0.3, 0.4) is 0 Å². The number of carbonyl (C=O) groups is 3. The van der Waals surface area contributed by atoms with Crippen LogP contribution < -0.4 is 5.32 Å². The number of hydrogen-bond donors (Lipinski definition) is 1. The number of oxazole rings is 1. The lowest BCUT2D eigenvalue weighted by molar-refractivity contribution is -0.151. The normalized spacial score (nSPS) is 10.6. The minimum atomic E-state index is -0.545. The number of para-hydroxylation sites is 1. The van der Waals surface area contributed by atoms with Crippen LogP contribution in [0.2, 0.25) is 0 Å². The molecule has 8 heteroatoms. The lowest BCUT2D eigenvalue weighted by Crippen LogP contribution is -2.37. The maximum Gasteiger partial charge on any atom is 0.306 e. The molecule has 8 nitrogen and oxygen atoms in total. The Kier molecular flexibility index (Phi) is 8.19. The number of likely N-dealkylation sites (N-methyl/N-ethyl adjacent to an activating group) is 1. The van der Waals surface area contributed by atoms with Gasteiger partial charge in [-0.2, -0.15) is 0 Å². The van der Waals surface area contributed by atoms with Gasteiger partial charge < -0.3 is 19.4 Å². The summed E-state index contributed by atoms with van der Waals surface area (Å²) in [6.45, 7) is 5.22. The molecule has 0 aliphatic rings. The SMILES string of the molecule is Cc1ccc(-c2cnc(CCC(=O)OCC(=O)N(C)CC(=O)Nc3c(C)cccc3C)o2)cc1. The lowest BCUT2D eigenvalue weighted by Gasteiger charge is -2.18. The smallest absolute Gasteiger partial charge is 0.306 e. The lowest BCUT2D eigenvalue weighted by atomic mass is 10.1. The van der Waals surface area contributed by atoms with E-state index < -0.39 is 18.5 Å². The van der Waals surface area contributed by atoms with Crippen LogP contribution in [0.1, 0.15) is 29.0 Å². The second-order valence-electron chi connectivity index (χ2n) is 8.21. The highest BCUT2D eigenvalue weighted by Crippen LogP contribution is 2.21. The Morgan fingerprint density at radius 1 is 1.03 bits per heavy atom. The zero-order valence-electron chi connectivity index (χ0n) is 19.9. The number of benzene rings is 2. The zero-order chi connectivity index (χ0) is 24.7. The molecule has 0 spiro atoms. The van der Waals surface area contributed by atoms with Crippen molar-refractivity contribution < 1.29 is 23.5 Å². The van der Waals surface area contributed by atoms with Gasteiger partial charge in [-0.1, -0.05) is 48.0 Å². The van der Waals surface area contributed by atoms with Gasteiger partial charge in [-0.3, -0.25) is 14.4 Å². The number of aryl methyl sites for hydroxylation is 4. The first-order valence-electron chi connectivity index (χ1n) is 11.0. The van der Waals surface area contributed by atoms with E-state index in [0.717, 1.165) is 27.9 Å². The molecule has 3 aromatic rings. The Balaban J connectivity index is 1.41. The summed E-state index contributed by atoms with van der Waals surface area (Å²) in [5, 5.41) is 2.83. The molecule has 0 saturated carbocycles. The molecule has 0 bridgehead atoms. The van der Waals surface area contributed by atoms with Gasteiger partial charge in [-0.25, -0.2) is 4.98 Å². The third-order valence-electron chi connectivity index (χ3n) is 5.34. The van der Waals surface area contributed by atoms with Crippen molar-refractivity contribution in [3.63, 3.8) is 0 Å². The summed E-state index contributed by atoms with van der Waals surface area (Å²) in [7, 11) is 1.49. The van der Waals surface area contributed by atoms with Crippen LogP contribution in [0.25, 0.3) is 11.3 Å². The molecule has 2 aromatic carbocycles. The second kappa shape index (κ2) is 11.3. The number of esters is 1. The maximum atomic E-state index is 12.3. The van der Waals surface area contributed by atoms with Crippen molar-refractivity contribution in [2.24, 2.45) is 0 Å². The van der Waals surface area contributed by atoms with Gasteiger partial charge in [0.1, 0.15) is 0 Å². The van der Waals surface area contributed by atoms with E-state index in [0.29, 0.717) is 11.7 Å². The van der Waals surface area contributed by atoms with Gasteiger partial charge in [0.25, 0.3) is 5.91 Å². The summed E-state index contributed by atoms with van der Waals surface area (Å²) in [6.07, 6.45) is 1.90. The predicted molar refractivity (Wildman–Crippen MR) is 128 cm³/mol. The number of carbonyl (C=O) groups excluding carboxylic acids is 3. The minimum absolute atomic E-state index is 0.0257. The molecule has 3 rings (SSSR count). The third-order valence-corrected chi connectivity index (χ3v) is 5.34. The van der Waals surface area contributed by atoms with Gasteiger partial charge in [-0.15, -0.1) is 0 Å². The molecular formula is C26H29N3O5. The molecule has 0 aliphatic heterocycles. The average Bonchev–Trinajstić information content (AvgIpc) is 3.28. The van der Waals surface area contributed by atoms with E-state index in [-0.39, 0.29) is 25.3 Å². The minimum Gasteiger partial charge on any atom is -0.456 e.